The largest absolute Gasteiger partial charge is 0.377 e. The van der Waals surface area contributed by atoms with Crippen LogP contribution in [0.15, 0.2) is 36.5 Å². The number of halogens is 2. The Balaban J connectivity index is 2.16. The summed E-state index contributed by atoms with van der Waals surface area (Å²) in [6.07, 6.45) is 1.62. The maximum Gasteiger partial charge on any atom is 0.140 e. The Morgan fingerprint density at radius 3 is 2.63 bits per heavy atom. The molecule has 0 radical (unpaired) electrons. The number of rotatable bonds is 3. The number of anilines is 1. The molecule has 0 bridgehead atoms. The summed E-state index contributed by atoms with van der Waals surface area (Å²) in [6.45, 7) is 1.99. The maximum atomic E-state index is 8.69. The van der Waals surface area contributed by atoms with Gasteiger partial charge < -0.3 is 5.32 Å². The van der Waals surface area contributed by atoms with Crippen molar-refractivity contribution >= 4 is 28.9 Å². The molecule has 0 aliphatic carbocycles. The predicted molar refractivity (Wildman–Crippen MR) is 77.5 cm³/mol. The lowest BCUT2D eigenvalue weighted by Gasteiger charge is -2.17. The Bertz CT molecular complexity index is 618. The number of hydrogen-bond donors (Lipinski definition) is 1. The highest BCUT2D eigenvalue weighted by atomic mass is 35.5. The monoisotopic (exact) mass is 291 g/mol. The average Bonchev–Trinajstić information content (AvgIpc) is 2.39. The molecule has 2 rings (SSSR count). The summed E-state index contributed by atoms with van der Waals surface area (Å²) >= 11 is 12.0. The van der Waals surface area contributed by atoms with Crippen molar-refractivity contribution in [3.8, 4) is 6.07 Å². The minimum Gasteiger partial charge on any atom is -0.377 e. The molecule has 0 aliphatic rings. The molecule has 2 aromatic rings. The molecular weight excluding hydrogens is 281 g/mol. The van der Waals surface area contributed by atoms with Crippen molar-refractivity contribution in [2.24, 2.45) is 0 Å². The molecule has 5 heteroatoms. The molecule has 1 aromatic heterocycles. The molecule has 0 saturated carbocycles. The third-order valence-corrected chi connectivity index (χ3v) is 3.25. The van der Waals surface area contributed by atoms with E-state index in [4.69, 9.17) is 28.5 Å². The second-order valence-corrected chi connectivity index (χ2v) is 4.92. The van der Waals surface area contributed by atoms with Gasteiger partial charge in [-0.3, -0.25) is 0 Å². The summed E-state index contributed by atoms with van der Waals surface area (Å²) in [7, 11) is 0. The second kappa shape index (κ2) is 5.92. The normalized spacial score (nSPS) is 11.7. The molecule has 1 unspecified atom stereocenters. The second-order valence-electron chi connectivity index (χ2n) is 4.08. The number of pyridine rings is 1. The van der Waals surface area contributed by atoms with E-state index in [9.17, 15) is 0 Å². The zero-order valence-corrected chi connectivity index (χ0v) is 11.7. The molecule has 96 valence electrons. The summed E-state index contributed by atoms with van der Waals surface area (Å²) in [5, 5.41) is 13.2. The average molecular weight is 292 g/mol. The van der Waals surface area contributed by atoms with Crippen LogP contribution in [0.3, 0.4) is 0 Å². The molecule has 1 heterocycles. The third kappa shape index (κ3) is 3.37. The molecule has 0 aliphatic heterocycles. The SMILES string of the molecule is CC(Nc1ccc(C#N)nc1)c1ccc(Cl)cc1Cl. The van der Waals surface area contributed by atoms with E-state index in [1.807, 2.05) is 25.1 Å². The van der Waals surface area contributed by atoms with Crippen molar-refractivity contribution < 1.29 is 0 Å². The lowest BCUT2D eigenvalue weighted by Crippen LogP contribution is -2.07. The molecule has 1 aromatic carbocycles. The minimum atomic E-state index is 0.0134. The number of hydrogen-bond acceptors (Lipinski definition) is 3. The van der Waals surface area contributed by atoms with Crippen molar-refractivity contribution in [1.29, 1.82) is 5.26 Å². The van der Waals surface area contributed by atoms with Crippen LogP contribution in [-0.4, -0.2) is 4.98 Å². The lowest BCUT2D eigenvalue weighted by molar-refractivity contribution is 0.883. The summed E-state index contributed by atoms with van der Waals surface area (Å²) < 4.78 is 0. The fourth-order valence-electron chi connectivity index (χ4n) is 1.73. The van der Waals surface area contributed by atoms with E-state index in [1.165, 1.54) is 0 Å². The van der Waals surface area contributed by atoms with Gasteiger partial charge in [-0.25, -0.2) is 4.98 Å². The molecule has 0 spiro atoms. The van der Waals surface area contributed by atoms with Crippen LogP contribution in [0.5, 0.6) is 0 Å². The van der Waals surface area contributed by atoms with Gasteiger partial charge in [-0.1, -0.05) is 29.3 Å². The van der Waals surface area contributed by atoms with Gasteiger partial charge in [0, 0.05) is 10.0 Å². The quantitative estimate of drug-likeness (QED) is 0.910. The van der Waals surface area contributed by atoms with Crippen molar-refractivity contribution in [3.63, 3.8) is 0 Å². The van der Waals surface area contributed by atoms with E-state index in [2.05, 4.69) is 10.3 Å². The van der Waals surface area contributed by atoms with Crippen LogP contribution in [0.4, 0.5) is 5.69 Å². The number of benzene rings is 1. The van der Waals surface area contributed by atoms with Crippen molar-refractivity contribution in [3.05, 3.63) is 57.8 Å². The minimum absolute atomic E-state index is 0.0134. The number of aromatic nitrogens is 1. The highest BCUT2D eigenvalue weighted by Crippen LogP contribution is 2.28. The molecule has 1 atom stereocenters. The van der Waals surface area contributed by atoms with Crippen LogP contribution in [0.2, 0.25) is 10.0 Å². The van der Waals surface area contributed by atoms with Crippen LogP contribution in [0.25, 0.3) is 0 Å². The Labute approximate surface area is 121 Å². The van der Waals surface area contributed by atoms with Gasteiger partial charge >= 0.3 is 0 Å². The Morgan fingerprint density at radius 1 is 1.26 bits per heavy atom. The van der Waals surface area contributed by atoms with Gasteiger partial charge in [0.25, 0.3) is 0 Å². The van der Waals surface area contributed by atoms with Crippen LogP contribution in [0.1, 0.15) is 24.2 Å². The molecule has 19 heavy (non-hydrogen) atoms. The Kier molecular flexibility index (Phi) is 4.26. The van der Waals surface area contributed by atoms with Gasteiger partial charge in [0.2, 0.25) is 0 Å². The summed E-state index contributed by atoms with van der Waals surface area (Å²) in [6, 6.07) is 10.9. The summed E-state index contributed by atoms with van der Waals surface area (Å²) in [5.41, 5.74) is 2.18. The van der Waals surface area contributed by atoms with E-state index >= 15 is 0 Å². The third-order valence-electron chi connectivity index (χ3n) is 2.69. The van der Waals surface area contributed by atoms with Crippen LogP contribution < -0.4 is 5.32 Å². The van der Waals surface area contributed by atoms with E-state index in [1.54, 1.807) is 24.4 Å². The van der Waals surface area contributed by atoms with Gasteiger partial charge in [-0.2, -0.15) is 5.26 Å². The molecule has 1 N–H and O–H groups in total. The first-order valence-electron chi connectivity index (χ1n) is 5.68. The van der Waals surface area contributed by atoms with Crippen LogP contribution in [0, 0.1) is 11.3 Å². The molecule has 0 fully saturated rings. The zero-order valence-electron chi connectivity index (χ0n) is 10.2. The standard InChI is InChI=1S/C14H11Cl2N3/c1-9(13-5-2-10(15)6-14(13)16)19-12-4-3-11(7-17)18-8-12/h2-6,8-9,19H,1H3. The highest BCUT2D eigenvalue weighted by molar-refractivity contribution is 6.35. The van der Waals surface area contributed by atoms with Gasteiger partial charge in [-0.15, -0.1) is 0 Å². The van der Waals surface area contributed by atoms with Gasteiger partial charge in [0.05, 0.1) is 17.9 Å². The molecule has 0 saturated heterocycles. The van der Waals surface area contributed by atoms with Gasteiger partial charge in [0.1, 0.15) is 11.8 Å². The van der Waals surface area contributed by atoms with Gasteiger partial charge in [-0.05, 0) is 36.8 Å². The molecular formula is C14H11Cl2N3. The fraction of sp³-hybridized carbons (Fsp3) is 0.143. The first-order chi connectivity index (χ1) is 9.10. The smallest absolute Gasteiger partial charge is 0.140 e. The number of nitrogens with zero attached hydrogens (tertiary/aromatic N) is 2. The first-order valence-corrected chi connectivity index (χ1v) is 6.43. The Morgan fingerprint density at radius 2 is 2.05 bits per heavy atom. The van der Waals surface area contributed by atoms with E-state index in [-0.39, 0.29) is 6.04 Å². The fourth-order valence-corrected chi connectivity index (χ4v) is 2.30. The van der Waals surface area contributed by atoms with Crippen molar-refractivity contribution in [2.45, 2.75) is 13.0 Å². The topological polar surface area (TPSA) is 48.7 Å². The zero-order chi connectivity index (χ0) is 13.8. The maximum absolute atomic E-state index is 8.69. The lowest BCUT2D eigenvalue weighted by atomic mass is 10.1. The number of nitriles is 1. The first kappa shape index (κ1) is 13.7. The predicted octanol–water partition coefficient (Wildman–Crippen LogP) is 4.43. The van der Waals surface area contributed by atoms with Crippen LogP contribution >= 0.6 is 23.2 Å². The van der Waals surface area contributed by atoms with Crippen LogP contribution in [-0.2, 0) is 0 Å². The summed E-state index contributed by atoms with van der Waals surface area (Å²) in [4.78, 5) is 4.00. The number of nitrogens with one attached hydrogen (secondary N) is 1. The molecule has 0 amide bonds. The van der Waals surface area contributed by atoms with Crippen molar-refractivity contribution in [2.75, 3.05) is 5.32 Å². The van der Waals surface area contributed by atoms with E-state index in [0.717, 1.165) is 11.3 Å². The summed E-state index contributed by atoms with van der Waals surface area (Å²) in [5.74, 6) is 0. The van der Waals surface area contributed by atoms with Crippen molar-refractivity contribution in [1.82, 2.24) is 4.98 Å². The van der Waals surface area contributed by atoms with E-state index < -0.39 is 0 Å². The Hall–Kier alpha value is -1.76. The highest BCUT2D eigenvalue weighted by Gasteiger charge is 2.10. The van der Waals surface area contributed by atoms with E-state index in [0.29, 0.717) is 15.7 Å². The molecule has 3 nitrogen and oxygen atoms in total. The van der Waals surface area contributed by atoms with Gasteiger partial charge in [0.15, 0.2) is 0 Å².